The average Bonchev–Trinajstić information content (AvgIpc) is 2.44. The Labute approximate surface area is 122 Å². The number of rotatable bonds is 6. The third-order valence-corrected chi connectivity index (χ3v) is 4.73. The molecule has 20 heavy (non-hydrogen) atoms. The van der Waals surface area contributed by atoms with Gasteiger partial charge in [-0.15, -0.1) is 0 Å². The molecule has 1 aliphatic heterocycles. The van der Waals surface area contributed by atoms with Crippen LogP contribution in [0.25, 0.3) is 0 Å². The van der Waals surface area contributed by atoms with E-state index < -0.39 is 9.84 Å². The molecule has 0 atom stereocenters. The zero-order valence-electron chi connectivity index (χ0n) is 12.2. The van der Waals surface area contributed by atoms with Crippen molar-refractivity contribution in [3.63, 3.8) is 0 Å². The molecular formula is C15H24N2O2S. The van der Waals surface area contributed by atoms with E-state index in [2.05, 4.69) is 34.1 Å². The molecule has 0 saturated carbocycles. The van der Waals surface area contributed by atoms with E-state index in [1.165, 1.54) is 11.8 Å². The minimum Gasteiger partial charge on any atom is -0.300 e. The molecule has 0 unspecified atom stereocenters. The zero-order chi connectivity index (χ0) is 14.4. The molecule has 2 rings (SSSR count). The van der Waals surface area contributed by atoms with Crippen LogP contribution < -0.4 is 0 Å². The first-order valence-electron chi connectivity index (χ1n) is 7.19. The molecule has 5 heteroatoms. The molecule has 0 N–H and O–H groups in total. The molecule has 1 aromatic rings. The lowest BCUT2D eigenvalue weighted by Gasteiger charge is -2.34. The van der Waals surface area contributed by atoms with Crippen molar-refractivity contribution in [1.82, 2.24) is 9.80 Å². The van der Waals surface area contributed by atoms with Gasteiger partial charge in [0.05, 0.1) is 5.75 Å². The van der Waals surface area contributed by atoms with Gasteiger partial charge < -0.3 is 4.90 Å². The van der Waals surface area contributed by atoms with Gasteiger partial charge in [-0.2, -0.15) is 0 Å². The molecule has 1 aliphatic rings. The lowest BCUT2D eigenvalue weighted by molar-refractivity contribution is 0.139. The van der Waals surface area contributed by atoms with Gasteiger partial charge in [0.15, 0.2) is 0 Å². The monoisotopic (exact) mass is 296 g/mol. The highest BCUT2D eigenvalue weighted by molar-refractivity contribution is 7.90. The third kappa shape index (κ3) is 5.61. The van der Waals surface area contributed by atoms with Crippen LogP contribution in [-0.2, 0) is 16.3 Å². The van der Waals surface area contributed by atoms with E-state index >= 15 is 0 Å². The van der Waals surface area contributed by atoms with Crippen molar-refractivity contribution in [2.24, 2.45) is 0 Å². The molecule has 1 heterocycles. The Kier molecular flexibility index (Phi) is 5.57. The summed E-state index contributed by atoms with van der Waals surface area (Å²) in [6.07, 6.45) is 2.40. The van der Waals surface area contributed by atoms with Crippen LogP contribution in [0, 0.1) is 0 Å². The number of sulfone groups is 1. The van der Waals surface area contributed by atoms with Crippen molar-refractivity contribution >= 4 is 9.84 Å². The normalized spacial score (nSPS) is 18.2. The van der Waals surface area contributed by atoms with Crippen LogP contribution in [0.5, 0.6) is 0 Å². The summed E-state index contributed by atoms with van der Waals surface area (Å²) in [5.74, 6) is 0.275. The fourth-order valence-corrected chi connectivity index (χ4v) is 3.05. The standard InChI is InChI=1S/C15H24N2O2S/c1-20(18,19)14-13-17-11-9-16(10-12-17)8-7-15-5-3-2-4-6-15/h2-6H,7-14H2,1H3. The van der Waals surface area contributed by atoms with E-state index in [1.807, 2.05) is 6.07 Å². The summed E-state index contributed by atoms with van der Waals surface area (Å²) in [6, 6.07) is 10.5. The van der Waals surface area contributed by atoms with Crippen molar-refractivity contribution in [2.45, 2.75) is 6.42 Å². The van der Waals surface area contributed by atoms with Crippen molar-refractivity contribution < 1.29 is 8.42 Å². The SMILES string of the molecule is CS(=O)(=O)CCN1CCN(CCc2ccccc2)CC1. The third-order valence-electron chi connectivity index (χ3n) is 3.80. The van der Waals surface area contributed by atoms with E-state index in [1.54, 1.807) is 0 Å². The fraction of sp³-hybridized carbons (Fsp3) is 0.600. The summed E-state index contributed by atoms with van der Waals surface area (Å²) in [4.78, 5) is 4.71. The molecule has 0 radical (unpaired) electrons. The highest BCUT2D eigenvalue weighted by Gasteiger charge is 2.17. The van der Waals surface area contributed by atoms with Crippen molar-refractivity contribution in [3.8, 4) is 0 Å². The maximum atomic E-state index is 11.2. The van der Waals surface area contributed by atoms with Gasteiger partial charge in [0.1, 0.15) is 9.84 Å². The molecule has 0 aromatic heterocycles. The Balaban J connectivity index is 1.67. The summed E-state index contributed by atoms with van der Waals surface area (Å²) in [7, 11) is -2.84. The van der Waals surface area contributed by atoms with Gasteiger partial charge in [0, 0.05) is 45.5 Å². The predicted octanol–water partition coefficient (Wildman–Crippen LogP) is 0.891. The summed E-state index contributed by atoms with van der Waals surface area (Å²) >= 11 is 0. The van der Waals surface area contributed by atoms with Crippen LogP contribution >= 0.6 is 0 Å². The van der Waals surface area contributed by atoms with Crippen LogP contribution in [0.2, 0.25) is 0 Å². The van der Waals surface area contributed by atoms with E-state index in [9.17, 15) is 8.42 Å². The Morgan fingerprint density at radius 2 is 1.50 bits per heavy atom. The van der Waals surface area contributed by atoms with Gasteiger partial charge in [-0.3, -0.25) is 4.90 Å². The predicted molar refractivity (Wildman–Crippen MR) is 82.7 cm³/mol. The summed E-state index contributed by atoms with van der Waals surface area (Å²) in [6.45, 7) is 5.79. The molecule has 0 aliphatic carbocycles. The van der Waals surface area contributed by atoms with Crippen molar-refractivity contribution in [2.75, 3.05) is 51.3 Å². The van der Waals surface area contributed by atoms with E-state index in [0.717, 1.165) is 39.1 Å². The number of hydrogen-bond donors (Lipinski definition) is 0. The average molecular weight is 296 g/mol. The minimum absolute atomic E-state index is 0.275. The lowest BCUT2D eigenvalue weighted by Crippen LogP contribution is -2.47. The van der Waals surface area contributed by atoms with Gasteiger partial charge in [0.25, 0.3) is 0 Å². The molecule has 0 spiro atoms. The molecule has 1 saturated heterocycles. The molecule has 112 valence electrons. The van der Waals surface area contributed by atoms with E-state index in [4.69, 9.17) is 0 Å². The van der Waals surface area contributed by atoms with Gasteiger partial charge in [-0.25, -0.2) is 8.42 Å². The maximum Gasteiger partial charge on any atom is 0.148 e. The first kappa shape index (κ1) is 15.5. The Morgan fingerprint density at radius 1 is 0.950 bits per heavy atom. The van der Waals surface area contributed by atoms with E-state index in [0.29, 0.717) is 6.54 Å². The maximum absolute atomic E-state index is 11.2. The summed E-state index contributed by atoms with van der Waals surface area (Å²) in [5, 5.41) is 0. The quantitative estimate of drug-likeness (QED) is 0.782. The second-order valence-electron chi connectivity index (χ2n) is 5.55. The highest BCUT2D eigenvalue weighted by Crippen LogP contribution is 2.05. The molecule has 1 aromatic carbocycles. The first-order chi connectivity index (χ1) is 9.53. The van der Waals surface area contributed by atoms with Crippen LogP contribution in [0.1, 0.15) is 5.56 Å². The van der Waals surface area contributed by atoms with Gasteiger partial charge in [-0.1, -0.05) is 30.3 Å². The Morgan fingerprint density at radius 3 is 2.05 bits per heavy atom. The van der Waals surface area contributed by atoms with Gasteiger partial charge in [-0.05, 0) is 12.0 Å². The molecule has 0 bridgehead atoms. The van der Waals surface area contributed by atoms with Crippen molar-refractivity contribution in [3.05, 3.63) is 35.9 Å². The second kappa shape index (κ2) is 7.20. The zero-order valence-corrected chi connectivity index (χ0v) is 13.0. The Hall–Kier alpha value is -0.910. The molecule has 0 amide bonds. The second-order valence-corrected chi connectivity index (χ2v) is 7.81. The van der Waals surface area contributed by atoms with Crippen LogP contribution in [0.4, 0.5) is 0 Å². The van der Waals surface area contributed by atoms with E-state index in [-0.39, 0.29) is 5.75 Å². The van der Waals surface area contributed by atoms with Crippen LogP contribution in [0.3, 0.4) is 0 Å². The summed E-state index contributed by atoms with van der Waals surface area (Å²) < 4.78 is 22.3. The largest absolute Gasteiger partial charge is 0.300 e. The Bertz CT molecular complexity index is 494. The number of piperazine rings is 1. The van der Waals surface area contributed by atoms with Crippen LogP contribution in [-0.4, -0.2) is 69.5 Å². The number of benzene rings is 1. The lowest BCUT2D eigenvalue weighted by atomic mass is 10.1. The molecule has 1 fully saturated rings. The van der Waals surface area contributed by atoms with Crippen molar-refractivity contribution in [1.29, 1.82) is 0 Å². The summed E-state index contributed by atoms with van der Waals surface area (Å²) in [5.41, 5.74) is 1.38. The van der Waals surface area contributed by atoms with Gasteiger partial charge >= 0.3 is 0 Å². The van der Waals surface area contributed by atoms with Gasteiger partial charge in [0.2, 0.25) is 0 Å². The number of hydrogen-bond acceptors (Lipinski definition) is 4. The topological polar surface area (TPSA) is 40.6 Å². The fourth-order valence-electron chi connectivity index (χ4n) is 2.46. The first-order valence-corrected chi connectivity index (χ1v) is 9.25. The molecular weight excluding hydrogens is 272 g/mol. The van der Waals surface area contributed by atoms with Crippen LogP contribution in [0.15, 0.2) is 30.3 Å². The number of nitrogens with zero attached hydrogens (tertiary/aromatic N) is 2. The smallest absolute Gasteiger partial charge is 0.148 e. The molecule has 4 nitrogen and oxygen atoms in total. The highest BCUT2D eigenvalue weighted by atomic mass is 32.2. The minimum atomic E-state index is -2.84.